The Balaban J connectivity index is 1.36. The second-order valence-corrected chi connectivity index (χ2v) is 12.9. The van der Waals surface area contributed by atoms with Gasteiger partial charge < -0.3 is 4.57 Å². The first-order valence-electron chi connectivity index (χ1n) is 17.3. The summed E-state index contributed by atoms with van der Waals surface area (Å²) in [6.45, 7) is 2.13. The van der Waals surface area contributed by atoms with Gasteiger partial charge in [0, 0.05) is 27.5 Å². The Hall–Kier alpha value is -7.16. The van der Waals surface area contributed by atoms with Gasteiger partial charge in [-0.3, -0.25) is 0 Å². The summed E-state index contributed by atoms with van der Waals surface area (Å²) in [7, 11) is 0. The molecular weight excluding hydrogens is 635 g/mol. The molecule has 0 spiro atoms. The van der Waals surface area contributed by atoms with Crippen LogP contribution in [0.15, 0.2) is 170 Å². The van der Waals surface area contributed by atoms with Crippen LogP contribution in [0, 0.1) is 18.3 Å². The number of rotatable bonds is 6. The topological polar surface area (TPSA) is 67.4 Å². The van der Waals surface area contributed by atoms with Crippen molar-refractivity contribution in [1.29, 1.82) is 5.26 Å². The lowest BCUT2D eigenvalue weighted by Gasteiger charge is -2.17. The molecule has 52 heavy (non-hydrogen) atoms. The van der Waals surface area contributed by atoms with E-state index in [1.165, 1.54) is 11.1 Å². The largest absolute Gasteiger partial charge is 0.308 e. The van der Waals surface area contributed by atoms with E-state index >= 15 is 0 Å². The first kappa shape index (κ1) is 30.9. The summed E-state index contributed by atoms with van der Waals surface area (Å²) in [4.78, 5) is 15.3. The number of fused-ring (bicyclic) bond motifs is 3. The van der Waals surface area contributed by atoms with Crippen molar-refractivity contribution in [3.8, 4) is 68.2 Å². The Bertz CT molecular complexity index is 2740. The summed E-state index contributed by atoms with van der Waals surface area (Å²) in [5.41, 5.74) is 12.0. The Labute approximate surface area is 301 Å². The maximum absolute atomic E-state index is 9.49. The van der Waals surface area contributed by atoms with E-state index in [2.05, 4.69) is 102 Å². The van der Waals surface area contributed by atoms with Crippen molar-refractivity contribution >= 4 is 21.8 Å². The van der Waals surface area contributed by atoms with E-state index in [-0.39, 0.29) is 0 Å². The van der Waals surface area contributed by atoms with E-state index in [9.17, 15) is 5.26 Å². The third-order valence-corrected chi connectivity index (χ3v) is 9.55. The van der Waals surface area contributed by atoms with Crippen molar-refractivity contribution in [2.45, 2.75) is 6.92 Å². The van der Waals surface area contributed by atoms with Crippen LogP contribution < -0.4 is 0 Å². The smallest absolute Gasteiger partial charge is 0.166 e. The van der Waals surface area contributed by atoms with Gasteiger partial charge in [0.05, 0.1) is 28.4 Å². The number of aromatic nitrogens is 4. The molecule has 0 bridgehead atoms. The number of aryl methyl sites for hydroxylation is 1. The summed E-state index contributed by atoms with van der Waals surface area (Å²) >= 11 is 0. The van der Waals surface area contributed by atoms with Crippen LogP contribution in [0.1, 0.15) is 11.1 Å². The lowest BCUT2D eigenvalue weighted by atomic mass is 10.00. The fraction of sp³-hybridized carbons (Fsp3) is 0.0213. The van der Waals surface area contributed by atoms with Gasteiger partial charge in [0.15, 0.2) is 17.5 Å². The predicted octanol–water partition coefficient (Wildman–Crippen LogP) is 11.5. The van der Waals surface area contributed by atoms with Crippen molar-refractivity contribution in [3.05, 3.63) is 181 Å². The molecule has 0 saturated heterocycles. The minimum Gasteiger partial charge on any atom is -0.308 e. The molecule has 0 atom stereocenters. The van der Waals surface area contributed by atoms with Gasteiger partial charge in [-0.05, 0) is 65.6 Å². The molecule has 244 valence electrons. The number of para-hydroxylation sites is 1. The second-order valence-electron chi connectivity index (χ2n) is 12.9. The number of benzene rings is 7. The van der Waals surface area contributed by atoms with Gasteiger partial charge in [0.2, 0.25) is 0 Å². The first-order chi connectivity index (χ1) is 25.6. The highest BCUT2D eigenvalue weighted by Gasteiger charge is 2.21. The van der Waals surface area contributed by atoms with Crippen molar-refractivity contribution in [1.82, 2.24) is 19.5 Å². The normalized spacial score (nSPS) is 11.2. The zero-order chi connectivity index (χ0) is 35.0. The highest BCUT2D eigenvalue weighted by Crippen LogP contribution is 2.39. The van der Waals surface area contributed by atoms with E-state index < -0.39 is 0 Å². The van der Waals surface area contributed by atoms with Crippen molar-refractivity contribution in [3.63, 3.8) is 0 Å². The van der Waals surface area contributed by atoms with Gasteiger partial charge in [-0.25, -0.2) is 15.0 Å². The second kappa shape index (κ2) is 12.9. The monoisotopic (exact) mass is 665 g/mol. The number of nitriles is 1. The molecule has 0 aliphatic heterocycles. The summed E-state index contributed by atoms with van der Waals surface area (Å²) in [5, 5.41) is 11.8. The molecular formula is C47H31N5. The minimum atomic E-state index is 0.579. The number of hydrogen-bond donors (Lipinski definition) is 0. The molecule has 0 saturated carbocycles. The molecule has 0 N–H and O–H groups in total. The van der Waals surface area contributed by atoms with Gasteiger partial charge >= 0.3 is 0 Å². The molecule has 0 radical (unpaired) electrons. The van der Waals surface area contributed by atoms with E-state index in [0.717, 1.165) is 60.9 Å². The summed E-state index contributed by atoms with van der Waals surface area (Å²) in [5.74, 6) is 1.79. The maximum atomic E-state index is 9.49. The van der Waals surface area contributed by atoms with Gasteiger partial charge in [0.1, 0.15) is 0 Å². The van der Waals surface area contributed by atoms with E-state index in [1.54, 1.807) is 0 Å². The van der Waals surface area contributed by atoms with Crippen molar-refractivity contribution in [2.75, 3.05) is 0 Å². The summed E-state index contributed by atoms with van der Waals surface area (Å²) in [6.07, 6.45) is 0. The fourth-order valence-corrected chi connectivity index (χ4v) is 6.99. The Morgan fingerprint density at radius 3 is 1.69 bits per heavy atom. The van der Waals surface area contributed by atoms with E-state index in [4.69, 9.17) is 15.0 Å². The number of nitrogens with zero attached hydrogens (tertiary/aromatic N) is 5. The van der Waals surface area contributed by atoms with Crippen LogP contribution in [0.5, 0.6) is 0 Å². The lowest BCUT2D eigenvalue weighted by molar-refractivity contribution is 1.06. The maximum Gasteiger partial charge on any atom is 0.166 e. The van der Waals surface area contributed by atoms with Gasteiger partial charge in [0.25, 0.3) is 0 Å². The molecule has 0 amide bonds. The Kier molecular flexibility index (Phi) is 7.68. The van der Waals surface area contributed by atoms with Crippen LogP contribution in [-0.4, -0.2) is 19.5 Å². The zero-order valence-corrected chi connectivity index (χ0v) is 28.4. The van der Waals surface area contributed by atoms with E-state index in [1.807, 2.05) is 84.9 Å². The van der Waals surface area contributed by atoms with Gasteiger partial charge in [-0.2, -0.15) is 5.26 Å². The van der Waals surface area contributed by atoms with Crippen LogP contribution in [0.25, 0.3) is 83.9 Å². The zero-order valence-electron chi connectivity index (χ0n) is 28.4. The molecule has 0 unspecified atom stereocenters. The van der Waals surface area contributed by atoms with Crippen LogP contribution in [-0.2, 0) is 0 Å². The quantitative estimate of drug-likeness (QED) is 0.177. The average molecular weight is 666 g/mol. The lowest BCUT2D eigenvalue weighted by Crippen LogP contribution is -2.04. The highest BCUT2D eigenvalue weighted by molar-refractivity contribution is 6.10. The summed E-state index contributed by atoms with van der Waals surface area (Å²) < 4.78 is 2.35. The summed E-state index contributed by atoms with van der Waals surface area (Å²) in [6, 6.07) is 60.5. The van der Waals surface area contributed by atoms with Gasteiger partial charge in [-0.1, -0.05) is 139 Å². The fourth-order valence-electron chi connectivity index (χ4n) is 6.99. The molecule has 5 heteroatoms. The van der Waals surface area contributed by atoms with Crippen LogP contribution >= 0.6 is 0 Å². The molecule has 0 aliphatic rings. The molecule has 0 fully saturated rings. The highest BCUT2D eigenvalue weighted by atomic mass is 15.1. The van der Waals surface area contributed by atoms with Gasteiger partial charge in [-0.15, -0.1) is 0 Å². The molecule has 5 nitrogen and oxygen atoms in total. The molecule has 9 aromatic rings. The molecule has 7 aromatic carbocycles. The van der Waals surface area contributed by atoms with Crippen LogP contribution in [0.2, 0.25) is 0 Å². The van der Waals surface area contributed by atoms with E-state index in [0.29, 0.717) is 23.0 Å². The third-order valence-electron chi connectivity index (χ3n) is 9.55. The third kappa shape index (κ3) is 5.59. The predicted molar refractivity (Wildman–Crippen MR) is 211 cm³/mol. The number of hydrogen-bond acceptors (Lipinski definition) is 4. The molecule has 2 aromatic heterocycles. The standard InChI is InChI=1S/C47H31N5/c1-31-11-10-16-36(27-31)38-23-25-40-39-17-8-9-18-42(39)52(43(40)29-38)44-28-37(33-21-19-32(30-48)20-22-33)24-26-41(44)47-50-45(34-12-4-2-5-13-34)49-46(51-47)35-14-6-3-7-15-35/h2-29H,1H3. The molecule has 2 heterocycles. The van der Waals surface area contributed by atoms with Crippen molar-refractivity contribution < 1.29 is 0 Å². The Morgan fingerprint density at radius 1 is 0.442 bits per heavy atom. The van der Waals surface area contributed by atoms with Crippen molar-refractivity contribution in [2.24, 2.45) is 0 Å². The molecule has 0 aliphatic carbocycles. The molecule has 9 rings (SSSR count). The Morgan fingerprint density at radius 2 is 1.00 bits per heavy atom. The minimum absolute atomic E-state index is 0.579. The van der Waals surface area contributed by atoms with Crippen LogP contribution in [0.3, 0.4) is 0 Å². The average Bonchev–Trinajstić information content (AvgIpc) is 3.54. The first-order valence-corrected chi connectivity index (χ1v) is 17.3. The SMILES string of the molecule is Cc1cccc(-c2ccc3c4ccccc4n(-c4cc(-c5ccc(C#N)cc5)ccc4-c4nc(-c5ccccc5)nc(-c5ccccc5)n4)c3c2)c1. The van der Waals surface area contributed by atoms with Crippen LogP contribution in [0.4, 0.5) is 0 Å².